The lowest BCUT2D eigenvalue weighted by molar-refractivity contribution is 0.249. The molecule has 0 atom stereocenters. The molecule has 1 aliphatic rings. The third-order valence-electron chi connectivity index (χ3n) is 4.45. The van der Waals surface area contributed by atoms with Crippen molar-refractivity contribution in [2.75, 3.05) is 13.1 Å². The van der Waals surface area contributed by atoms with Crippen LogP contribution >= 0.6 is 0 Å². The first-order valence-corrected chi connectivity index (χ1v) is 9.75. The van der Waals surface area contributed by atoms with E-state index < -0.39 is 10.0 Å². The normalized spacial score (nSPS) is 17.5. The van der Waals surface area contributed by atoms with Gasteiger partial charge < -0.3 is 0 Å². The van der Waals surface area contributed by atoms with Gasteiger partial charge in [-0.15, -0.1) is 0 Å². The Kier molecular flexibility index (Phi) is 5.16. The Hall–Kier alpha value is -1.92. The maximum absolute atomic E-state index is 12.5. The van der Waals surface area contributed by atoms with E-state index in [1.54, 1.807) is 16.6 Å². The van der Waals surface area contributed by atoms with E-state index in [4.69, 9.17) is 0 Å². The molecule has 6 heteroatoms. The minimum atomic E-state index is -3.35. The zero-order valence-corrected chi connectivity index (χ0v) is 14.7. The second kappa shape index (κ2) is 7.32. The van der Waals surface area contributed by atoms with Crippen LogP contribution in [0.1, 0.15) is 24.0 Å². The van der Waals surface area contributed by atoms with E-state index in [1.807, 2.05) is 48.1 Å². The predicted molar refractivity (Wildman–Crippen MR) is 95.7 cm³/mol. The number of hydrogen-bond acceptors (Lipinski definition) is 3. The molecule has 2 heterocycles. The molecule has 0 saturated carbocycles. The summed E-state index contributed by atoms with van der Waals surface area (Å²) >= 11 is 0. The van der Waals surface area contributed by atoms with Gasteiger partial charge in [0.25, 0.3) is 0 Å². The van der Waals surface area contributed by atoms with E-state index in [2.05, 4.69) is 5.10 Å². The van der Waals surface area contributed by atoms with E-state index in [9.17, 15) is 8.42 Å². The van der Waals surface area contributed by atoms with Crippen molar-refractivity contribution in [1.82, 2.24) is 14.1 Å². The number of nitrogens with zero attached hydrogens (tertiary/aromatic N) is 3. The van der Waals surface area contributed by atoms with Crippen LogP contribution in [0.25, 0.3) is 6.08 Å². The molecule has 0 unspecified atom stereocenters. The summed E-state index contributed by atoms with van der Waals surface area (Å²) < 4.78 is 28.4. The fraction of sp³-hybridized carbons (Fsp3) is 0.389. The van der Waals surface area contributed by atoms with Gasteiger partial charge in [0.15, 0.2) is 0 Å². The largest absolute Gasteiger partial charge is 0.272 e. The summed E-state index contributed by atoms with van der Waals surface area (Å²) in [5.41, 5.74) is 2.06. The maximum Gasteiger partial charge on any atom is 0.236 e. The highest BCUT2D eigenvalue weighted by molar-refractivity contribution is 7.92. The van der Waals surface area contributed by atoms with Gasteiger partial charge in [0.1, 0.15) is 0 Å². The van der Waals surface area contributed by atoms with Crippen LogP contribution in [0.3, 0.4) is 0 Å². The zero-order valence-electron chi connectivity index (χ0n) is 13.9. The number of aromatic nitrogens is 2. The molecule has 0 spiro atoms. The summed E-state index contributed by atoms with van der Waals surface area (Å²) in [6.07, 6.45) is 7.14. The molecule has 0 radical (unpaired) electrons. The lowest BCUT2D eigenvalue weighted by atomic mass is 9.98. The first-order chi connectivity index (χ1) is 11.5. The predicted octanol–water partition coefficient (Wildman–Crippen LogP) is 2.90. The Labute approximate surface area is 143 Å². The summed E-state index contributed by atoms with van der Waals surface area (Å²) in [6.45, 7) is 4.02. The zero-order chi connectivity index (χ0) is 17.0. The molecule has 0 amide bonds. The van der Waals surface area contributed by atoms with Crippen molar-refractivity contribution in [3.63, 3.8) is 0 Å². The Morgan fingerprint density at radius 3 is 2.54 bits per heavy atom. The fourth-order valence-corrected chi connectivity index (χ4v) is 4.17. The lowest BCUT2D eigenvalue weighted by Gasteiger charge is -2.30. The number of rotatable bonds is 5. The Balaban J connectivity index is 1.57. The third-order valence-corrected chi connectivity index (χ3v) is 6.01. The van der Waals surface area contributed by atoms with Crippen LogP contribution in [0.2, 0.25) is 0 Å². The van der Waals surface area contributed by atoms with E-state index in [0.29, 0.717) is 19.0 Å². The van der Waals surface area contributed by atoms with Gasteiger partial charge in [-0.2, -0.15) is 9.40 Å². The lowest BCUT2D eigenvalue weighted by Crippen LogP contribution is -2.38. The number of hydrogen-bond donors (Lipinski definition) is 0. The van der Waals surface area contributed by atoms with Gasteiger partial charge in [0.05, 0.1) is 0 Å². The number of benzene rings is 1. The molecule has 1 aliphatic heterocycles. The highest BCUT2D eigenvalue weighted by Gasteiger charge is 2.26. The van der Waals surface area contributed by atoms with E-state index in [1.165, 1.54) is 5.41 Å². The van der Waals surface area contributed by atoms with Gasteiger partial charge in [-0.05, 0) is 43.4 Å². The van der Waals surface area contributed by atoms with Gasteiger partial charge >= 0.3 is 0 Å². The molecule has 1 aromatic carbocycles. The Bertz CT molecular complexity index is 772. The van der Waals surface area contributed by atoms with E-state index >= 15 is 0 Å². The Morgan fingerprint density at radius 2 is 1.92 bits per heavy atom. The molecule has 1 aromatic heterocycles. The first kappa shape index (κ1) is 16.9. The van der Waals surface area contributed by atoms with Gasteiger partial charge in [-0.25, -0.2) is 8.42 Å². The van der Waals surface area contributed by atoms with Crippen LogP contribution in [0.4, 0.5) is 0 Å². The average molecular weight is 345 g/mol. The number of aryl methyl sites for hydroxylation is 1. The standard InChI is InChI=1S/C18H23N3O2S/c1-16-3-5-17(6-4-16)9-14-24(22,23)21-12-7-18(8-13-21)15-20-11-2-10-19-20/h2-6,9-11,14,18H,7-8,12-13,15H2,1H3/b14-9+. The molecule has 24 heavy (non-hydrogen) atoms. The van der Waals surface area contributed by atoms with Crippen LogP contribution in [0.15, 0.2) is 48.1 Å². The minimum Gasteiger partial charge on any atom is -0.272 e. The van der Waals surface area contributed by atoms with Gasteiger partial charge in [0, 0.05) is 37.4 Å². The highest BCUT2D eigenvalue weighted by atomic mass is 32.2. The van der Waals surface area contributed by atoms with Crippen LogP contribution in [-0.4, -0.2) is 35.6 Å². The van der Waals surface area contributed by atoms with Crippen molar-refractivity contribution in [3.8, 4) is 0 Å². The summed E-state index contributed by atoms with van der Waals surface area (Å²) in [5.74, 6) is 0.484. The maximum atomic E-state index is 12.5. The third kappa shape index (κ3) is 4.33. The summed E-state index contributed by atoms with van der Waals surface area (Å²) in [6, 6.07) is 9.73. The molecule has 3 rings (SSSR count). The van der Waals surface area contributed by atoms with Crippen molar-refractivity contribution in [2.24, 2.45) is 5.92 Å². The molecular formula is C18H23N3O2S. The molecule has 2 aromatic rings. The topological polar surface area (TPSA) is 55.2 Å². The van der Waals surface area contributed by atoms with Crippen LogP contribution < -0.4 is 0 Å². The molecule has 1 fully saturated rings. The molecular weight excluding hydrogens is 322 g/mol. The van der Waals surface area contributed by atoms with Gasteiger partial charge in [0.2, 0.25) is 10.0 Å². The molecule has 128 valence electrons. The summed E-state index contributed by atoms with van der Waals surface area (Å²) in [4.78, 5) is 0. The van der Waals surface area contributed by atoms with Crippen LogP contribution in [0.5, 0.6) is 0 Å². The number of piperidine rings is 1. The minimum absolute atomic E-state index is 0.484. The average Bonchev–Trinajstić information content (AvgIpc) is 3.08. The summed E-state index contributed by atoms with van der Waals surface area (Å²) in [5, 5.41) is 5.55. The van der Waals surface area contributed by atoms with Crippen molar-refractivity contribution in [3.05, 3.63) is 59.3 Å². The van der Waals surface area contributed by atoms with E-state index in [-0.39, 0.29) is 0 Å². The van der Waals surface area contributed by atoms with Crippen molar-refractivity contribution in [2.45, 2.75) is 26.3 Å². The van der Waals surface area contributed by atoms with Crippen LogP contribution in [-0.2, 0) is 16.6 Å². The SMILES string of the molecule is Cc1ccc(/C=C/S(=O)(=O)N2CCC(Cn3cccn3)CC2)cc1. The van der Waals surface area contributed by atoms with Crippen molar-refractivity contribution in [1.29, 1.82) is 0 Å². The quantitative estimate of drug-likeness (QED) is 0.837. The van der Waals surface area contributed by atoms with E-state index in [0.717, 1.165) is 30.5 Å². The Morgan fingerprint density at radius 1 is 1.21 bits per heavy atom. The summed E-state index contributed by atoms with van der Waals surface area (Å²) in [7, 11) is -3.35. The highest BCUT2D eigenvalue weighted by Crippen LogP contribution is 2.22. The monoisotopic (exact) mass is 345 g/mol. The van der Waals surface area contributed by atoms with Crippen molar-refractivity contribution >= 4 is 16.1 Å². The second-order valence-electron chi connectivity index (χ2n) is 6.33. The van der Waals surface area contributed by atoms with Gasteiger partial charge in [-0.1, -0.05) is 29.8 Å². The molecule has 0 aliphatic carbocycles. The van der Waals surface area contributed by atoms with Crippen LogP contribution in [0, 0.1) is 12.8 Å². The number of sulfonamides is 1. The van der Waals surface area contributed by atoms with Gasteiger partial charge in [-0.3, -0.25) is 4.68 Å². The second-order valence-corrected chi connectivity index (χ2v) is 8.15. The molecule has 0 bridgehead atoms. The smallest absolute Gasteiger partial charge is 0.236 e. The molecule has 5 nitrogen and oxygen atoms in total. The van der Waals surface area contributed by atoms with Crippen molar-refractivity contribution < 1.29 is 8.42 Å². The molecule has 1 saturated heterocycles. The fourth-order valence-electron chi connectivity index (χ4n) is 2.95. The first-order valence-electron chi connectivity index (χ1n) is 8.25. The molecule has 0 N–H and O–H groups in total.